The Hall–Kier alpha value is -0.680. The lowest BCUT2D eigenvalue weighted by Crippen LogP contribution is -2.55. The minimum Gasteiger partial charge on any atom is -0.378 e. The molecule has 0 saturated carbocycles. The van der Waals surface area contributed by atoms with E-state index in [1.807, 2.05) is 0 Å². The van der Waals surface area contributed by atoms with E-state index >= 15 is 0 Å². The van der Waals surface area contributed by atoms with Gasteiger partial charge in [-0.05, 0) is 34.1 Å². The van der Waals surface area contributed by atoms with E-state index < -0.39 is 10.0 Å². The fraction of sp³-hybridized carbons (Fsp3) is 0.533. The van der Waals surface area contributed by atoms with E-state index in [0.717, 1.165) is 0 Å². The third kappa shape index (κ3) is 4.19. The number of halogens is 2. The van der Waals surface area contributed by atoms with Gasteiger partial charge in [-0.1, -0.05) is 15.9 Å². The van der Waals surface area contributed by atoms with Crippen molar-refractivity contribution in [1.82, 2.24) is 14.1 Å². The summed E-state index contributed by atoms with van der Waals surface area (Å²) in [5.41, 5.74) is 0. The predicted octanol–water partition coefficient (Wildman–Crippen LogP) is 1.97. The van der Waals surface area contributed by atoms with E-state index in [0.29, 0.717) is 48.3 Å². The van der Waals surface area contributed by atoms with Crippen LogP contribution in [0.2, 0.25) is 0 Å². The van der Waals surface area contributed by atoms with Crippen LogP contribution in [-0.2, 0) is 14.8 Å². The summed E-state index contributed by atoms with van der Waals surface area (Å²) in [6, 6.07) is 5.03. The zero-order chi connectivity index (χ0) is 18.0. The molecule has 0 bridgehead atoms. The van der Waals surface area contributed by atoms with Crippen molar-refractivity contribution in [2.45, 2.75) is 4.90 Å². The van der Waals surface area contributed by atoms with E-state index in [2.05, 4.69) is 31.9 Å². The van der Waals surface area contributed by atoms with Crippen LogP contribution in [0.3, 0.4) is 0 Å². The molecule has 2 aliphatic heterocycles. The molecule has 0 unspecified atom stereocenters. The first-order chi connectivity index (χ1) is 11.9. The van der Waals surface area contributed by atoms with Gasteiger partial charge >= 0.3 is 6.03 Å². The molecule has 10 heteroatoms. The molecule has 2 heterocycles. The summed E-state index contributed by atoms with van der Waals surface area (Å²) in [6.45, 7) is 3.63. The highest BCUT2D eigenvalue weighted by atomic mass is 79.9. The predicted molar refractivity (Wildman–Crippen MR) is 100.0 cm³/mol. The van der Waals surface area contributed by atoms with E-state index in [1.165, 1.54) is 4.31 Å². The number of ether oxygens (including phenoxy) is 1. The first-order valence-corrected chi connectivity index (χ1v) is 11.0. The molecule has 2 aliphatic rings. The Kier molecular flexibility index (Phi) is 6.04. The first kappa shape index (κ1) is 19.1. The van der Waals surface area contributed by atoms with Crippen LogP contribution in [0, 0.1) is 0 Å². The number of hydrogen-bond donors (Lipinski definition) is 0. The fourth-order valence-corrected chi connectivity index (χ4v) is 5.77. The van der Waals surface area contributed by atoms with E-state index in [9.17, 15) is 13.2 Å². The van der Waals surface area contributed by atoms with Crippen LogP contribution in [-0.4, -0.2) is 81.0 Å². The Morgan fingerprint density at radius 3 is 2.20 bits per heavy atom. The molecule has 0 atom stereocenters. The van der Waals surface area contributed by atoms with Gasteiger partial charge in [0.15, 0.2) is 0 Å². The highest BCUT2D eigenvalue weighted by molar-refractivity contribution is 9.11. The molecular formula is C15H19Br2N3O4S. The van der Waals surface area contributed by atoms with Crippen molar-refractivity contribution in [3.63, 3.8) is 0 Å². The van der Waals surface area contributed by atoms with Gasteiger partial charge < -0.3 is 14.5 Å². The van der Waals surface area contributed by atoms with Crippen LogP contribution < -0.4 is 0 Å². The van der Waals surface area contributed by atoms with Crippen LogP contribution in [0.1, 0.15) is 0 Å². The maximum absolute atomic E-state index is 12.9. The third-order valence-corrected chi connectivity index (χ3v) is 7.69. The number of carbonyl (C=O) groups is 1. The lowest BCUT2D eigenvalue weighted by atomic mass is 10.3. The molecule has 0 aliphatic carbocycles. The Morgan fingerprint density at radius 2 is 1.56 bits per heavy atom. The van der Waals surface area contributed by atoms with Crippen LogP contribution in [0.15, 0.2) is 32.0 Å². The SMILES string of the molecule is O=C(N1CCOCC1)N1CCN(S(=O)(=O)c2cc(Br)ccc2Br)CC1. The second-order valence-electron chi connectivity index (χ2n) is 5.85. The number of benzene rings is 1. The Morgan fingerprint density at radius 1 is 0.960 bits per heavy atom. The molecule has 0 aromatic heterocycles. The summed E-state index contributed by atoms with van der Waals surface area (Å²) in [5, 5.41) is 0. The number of morpholine rings is 1. The number of urea groups is 1. The number of hydrogen-bond acceptors (Lipinski definition) is 4. The van der Waals surface area contributed by atoms with E-state index in [1.54, 1.807) is 28.0 Å². The van der Waals surface area contributed by atoms with Crippen LogP contribution in [0.25, 0.3) is 0 Å². The monoisotopic (exact) mass is 495 g/mol. The molecule has 1 aromatic rings. The molecule has 2 saturated heterocycles. The maximum atomic E-state index is 12.9. The second-order valence-corrected chi connectivity index (χ2v) is 9.52. The largest absolute Gasteiger partial charge is 0.378 e. The van der Waals surface area contributed by atoms with Gasteiger partial charge in [0, 0.05) is 48.2 Å². The molecule has 2 amide bonds. The van der Waals surface area contributed by atoms with Crippen molar-refractivity contribution in [2.75, 3.05) is 52.5 Å². The number of amides is 2. The van der Waals surface area contributed by atoms with Crippen LogP contribution in [0.4, 0.5) is 4.79 Å². The average Bonchev–Trinajstić information content (AvgIpc) is 2.64. The standard InChI is InChI=1S/C15H19Br2N3O4S/c16-12-1-2-13(17)14(11-12)25(22,23)20-5-3-18(4-6-20)15(21)19-7-9-24-10-8-19/h1-2,11H,3-10H2. The van der Waals surface area contributed by atoms with Crippen molar-refractivity contribution in [3.8, 4) is 0 Å². The first-order valence-electron chi connectivity index (χ1n) is 7.96. The summed E-state index contributed by atoms with van der Waals surface area (Å²) in [7, 11) is -3.60. The summed E-state index contributed by atoms with van der Waals surface area (Å²) in [4.78, 5) is 16.2. The van der Waals surface area contributed by atoms with Gasteiger partial charge in [-0.3, -0.25) is 0 Å². The number of piperazine rings is 1. The summed E-state index contributed by atoms with van der Waals surface area (Å²) < 4.78 is 33.7. The van der Waals surface area contributed by atoms with Crippen molar-refractivity contribution >= 4 is 47.9 Å². The number of carbonyl (C=O) groups excluding carboxylic acids is 1. The highest BCUT2D eigenvalue weighted by Gasteiger charge is 2.33. The molecule has 2 fully saturated rings. The topological polar surface area (TPSA) is 70.2 Å². The Balaban J connectivity index is 1.67. The van der Waals surface area contributed by atoms with Crippen molar-refractivity contribution in [3.05, 3.63) is 27.1 Å². The summed E-state index contributed by atoms with van der Waals surface area (Å²) in [6.07, 6.45) is 0. The average molecular weight is 497 g/mol. The van der Waals surface area contributed by atoms with Crippen LogP contribution >= 0.6 is 31.9 Å². The lowest BCUT2D eigenvalue weighted by Gasteiger charge is -2.38. The third-order valence-electron chi connectivity index (χ3n) is 4.30. The molecule has 0 spiro atoms. The van der Waals surface area contributed by atoms with Crippen LogP contribution in [0.5, 0.6) is 0 Å². The molecule has 1 aromatic carbocycles. The molecule has 0 N–H and O–H groups in total. The number of sulfonamides is 1. The van der Waals surface area contributed by atoms with E-state index in [4.69, 9.17) is 4.74 Å². The lowest BCUT2D eigenvalue weighted by molar-refractivity contribution is 0.0405. The number of nitrogens with zero attached hydrogens (tertiary/aromatic N) is 3. The molecule has 25 heavy (non-hydrogen) atoms. The minimum absolute atomic E-state index is 0.0380. The van der Waals surface area contributed by atoms with Gasteiger partial charge in [0.05, 0.1) is 18.1 Å². The van der Waals surface area contributed by atoms with Gasteiger partial charge in [-0.15, -0.1) is 0 Å². The van der Waals surface area contributed by atoms with Gasteiger partial charge in [-0.25, -0.2) is 13.2 Å². The van der Waals surface area contributed by atoms with Gasteiger partial charge in [0.1, 0.15) is 0 Å². The van der Waals surface area contributed by atoms with Gasteiger partial charge in [0.25, 0.3) is 0 Å². The van der Waals surface area contributed by atoms with Crippen molar-refractivity contribution < 1.29 is 17.9 Å². The fourth-order valence-electron chi connectivity index (χ4n) is 2.89. The maximum Gasteiger partial charge on any atom is 0.320 e. The molecule has 138 valence electrons. The quantitative estimate of drug-likeness (QED) is 0.627. The Bertz CT molecular complexity index is 745. The summed E-state index contributed by atoms with van der Waals surface area (Å²) in [5.74, 6) is 0. The normalized spacial score (nSPS) is 19.9. The number of rotatable bonds is 2. The molecule has 7 nitrogen and oxygen atoms in total. The molecule has 0 radical (unpaired) electrons. The second kappa shape index (κ2) is 7.91. The smallest absolute Gasteiger partial charge is 0.320 e. The zero-order valence-electron chi connectivity index (χ0n) is 13.5. The molecule has 3 rings (SSSR count). The highest BCUT2D eigenvalue weighted by Crippen LogP contribution is 2.28. The van der Waals surface area contributed by atoms with Gasteiger partial charge in [0.2, 0.25) is 10.0 Å². The van der Waals surface area contributed by atoms with E-state index in [-0.39, 0.29) is 24.0 Å². The van der Waals surface area contributed by atoms with Crippen molar-refractivity contribution in [1.29, 1.82) is 0 Å². The zero-order valence-corrected chi connectivity index (χ0v) is 17.5. The molecular weight excluding hydrogens is 478 g/mol. The Labute approximate surface area is 164 Å². The summed E-state index contributed by atoms with van der Waals surface area (Å²) >= 11 is 6.62. The van der Waals surface area contributed by atoms with Crippen molar-refractivity contribution in [2.24, 2.45) is 0 Å². The van der Waals surface area contributed by atoms with Gasteiger partial charge in [-0.2, -0.15) is 4.31 Å². The minimum atomic E-state index is -3.60.